The average Bonchev–Trinajstić information content (AvgIpc) is 3.19. The highest BCUT2D eigenvalue weighted by molar-refractivity contribution is 7.98. The van der Waals surface area contributed by atoms with Crippen molar-refractivity contribution in [3.8, 4) is 0 Å². The summed E-state index contributed by atoms with van der Waals surface area (Å²) in [6.07, 6.45) is 2.99. The molecule has 3 rings (SSSR count). The van der Waals surface area contributed by atoms with E-state index in [1.807, 2.05) is 19.1 Å². The number of fused-ring (bicyclic) bond motifs is 1. The van der Waals surface area contributed by atoms with Gasteiger partial charge in [0, 0.05) is 17.9 Å². The van der Waals surface area contributed by atoms with Crippen LogP contribution in [0.5, 0.6) is 0 Å². The van der Waals surface area contributed by atoms with E-state index in [-0.39, 0.29) is 18.0 Å². The molecule has 0 saturated carbocycles. The Balaban J connectivity index is 1.52. The van der Waals surface area contributed by atoms with Gasteiger partial charge in [0.15, 0.2) is 0 Å². The van der Waals surface area contributed by atoms with Crippen molar-refractivity contribution in [3.63, 3.8) is 0 Å². The standard InChI is InChI=1S/C17H19N3O4S/c1-11-12(2)24-16-15(11)17(22)20(10-19-16)8-14(21)18-5-7-25-9-13-4-3-6-23-13/h3-4,6,10H,5,7-9H2,1-2H3,(H,18,21). The molecule has 0 aromatic carbocycles. The molecule has 0 saturated heterocycles. The summed E-state index contributed by atoms with van der Waals surface area (Å²) in [4.78, 5) is 28.6. The van der Waals surface area contributed by atoms with Gasteiger partial charge in [-0.1, -0.05) is 0 Å². The molecule has 7 nitrogen and oxygen atoms in total. The number of nitrogens with one attached hydrogen (secondary N) is 1. The molecule has 8 heteroatoms. The Hall–Kier alpha value is -2.48. The number of hydrogen-bond acceptors (Lipinski definition) is 6. The van der Waals surface area contributed by atoms with E-state index in [0.717, 1.165) is 22.8 Å². The van der Waals surface area contributed by atoms with Crippen LogP contribution in [0.3, 0.4) is 0 Å². The lowest BCUT2D eigenvalue weighted by Gasteiger charge is -2.07. The first-order chi connectivity index (χ1) is 12.1. The molecule has 0 aliphatic rings. The van der Waals surface area contributed by atoms with Crippen LogP contribution < -0.4 is 10.9 Å². The number of aromatic nitrogens is 2. The molecule has 3 heterocycles. The summed E-state index contributed by atoms with van der Waals surface area (Å²) in [6.45, 7) is 4.06. The minimum absolute atomic E-state index is 0.0612. The maximum atomic E-state index is 12.5. The minimum atomic E-state index is -0.262. The lowest BCUT2D eigenvalue weighted by atomic mass is 10.2. The molecule has 3 aromatic heterocycles. The summed E-state index contributed by atoms with van der Waals surface area (Å²) in [5.74, 6) is 2.88. The number of furan rings is 2. The number of thioether (sulfide) groups is 1. The summed E-state index contributed by atoms with van der Waals surface area (Å²) in [5.41, 5.74) is 0.810. The molecule has 0 unspecified atom stereocenters. The Morgan fingerprint density at radius 2 is 2.24 bits per heavy atom. The highest BCUT2D eigenvalue weighted by Gasteiger charge is 2.14. The first-order valence-corrected chi connectivity index (χ1v) is 9.03. The van der Waals surface area contributed by atoms with Crippen LogP contribution in [0.2, 0.25) is 0 Å². The molecular formula is C17H19N3O4S. The Morgan fingerprint density at radius 1 is 1.40 bits per heavy atom. The van der Waals surface area contributed by atoms with Gasteiger partial charge in [-0.25, -0.2) is 4.98 Å². The van der Waals surface area contributed by atoms with Gasteiger partial charge in [-0.15, -0.1) is 0 Å². The second-order valence-electron chi connectivity index (χ2n) is 5.62. The van der Waals surface area contributed by atoms with Gasteiger partial charge in [0.2, 0.25) is 11.6 Å². The molecule has 0 radical (unpaired) electrons. The molecule has 3 aromatic rings. The third-order valence-corrected chi connectivity index (χ3v) is 4.84. The Kier molecular flexibility index (Phi) is 5.28. The quantitative estimate of drug-likeness (QED) is 0.649. The van der Waals surface area contributed by atoms with Crippen molar-refractivity contribution in [2.24, 2.45) is 0 Å². The smallest absolute Gasteiger partial charge is 0.265 e. The van der Waals surface area contributed by atoms with Crippen LogP contribution in [-0.4, -0.2) is 27.8 Å². The van der Waals surface area contributed by atoms with E-state index in [0.29, 0.717) is 23.4 Å². The van der Waals surface area contributed by atoms with Crippen LogP contribution in [0.1, 0.15) is 17.1 Å². The molecule has 0 fully saturated rings. The van der Waals surface area contributed by atoms with Crippen LogP contribution in [-0.2, 0) is 17.1 Å². The van der Waals surface area contributed by atoms with Crippen LogP contribution in [0.25, 0.3) is 11.1 Å². The number of amides is 1. The first kappa shape index (κ1) is 17.3. The third-order valence-electron chi connectivity index (χ3n) is 3.86. The molecule has 0 aliphatic heterocycles. The molecule has 132 valence electrons. The van der Waals surface area contributed by atoms with Gasteiger partial charge in [-0.3, -0.25) is 14.2 Å². The molecular weight excluding hydrogens is 342 g/mol. The zero-order valence-corrected chi connectivity index (χ0v) is 14.9. The van der Waals surface area contributed by atoms with E-state index in [9.17, 15) is 9.59 Å². The van der Waals surface area contributed by atoms with Gasteiger partial charge >= 0.3 is 0 Å². The summed E-state index contributed by atoms with van der Waals surface area (Å²) in [5, 5.41) is 3.24. The van der Waals surface area contributed by atoms with Gasteiger partial charge in [-0.2, -0.15) is 11.8 Å². The van der Waals surface area contributed by atoms with Crippen molar-refractivity contribution < 1.29 is 13.6 Å². The normalized spacial score (nSPS) is 11.1. The van der Waals surface area contributed by atoms with E-state index in [1.54, 1.807) is 24.9 Å². The molecule has 0 aliphatic carbocycles. The minimum Gasteiger partial charge on any atom is -0.468 e. The summed E-state index contributed by atoms with van der Waals surface area (Å²) in [7, 11) is 0. The van der Waals surface area contributed by atoms with Crippen molar-refractivity contribution in [3.05, 3.63) is 52.2 Å². The van der Waals surface area contributed by atoms with Crippen LogP contribution in [0, 0.1) is 13.8 Å². The number of rotatable bonds is 7. The summed E-state index contributed by atoms with van der Waals surface area (Å²) in [6, 6.07) is 3.77. The number of carbonyl (C=O) groups is 1. The molecule has 0 spiro atoms. The molecule has 0 bridgehead atoms. The fourth-order valence-electron chi connectivity index (χ4n) is 2.42. The average molecular weight is 361 g/mol. The Bertz CT molecular complexity index is 927. The van der Waals surface area contributed by atoms with Crippen LogP contribution in [0.4, 0.5) is 0 Å². The molecule has 0 atom stereocenters. The number of nitrogens with zero attached hydrogens (tertiary/aromatic N) is 2. The first-order valence-electron chi connectivity index (χ1n) is 7.88. The summed E-state index contributed by atoms with van der Waals surface area (Å²) >= 11 is 1.67. The topological polar surface area (TPSA) is 90.3 Å². The maximum Gasteiger partial charge on any atom is 0.265 e. The van der Waals surface area contributed by atoms with Crippen molar-refractivity contribution in [1.82, 2.24) is 14.9 Å². The number of hydrogen-bond donors (Lipinski definition) is 1. The van der Waals surface area contributed by atoms with Crippen molar-refractivity contribution in [2.45, 2.75) is 26.1 Å². The number of carbonyl (C=O) groups excluding carboxylic acids is 1. The fourth-order valence-corrected chi connectivity index (χ4v) is 3.18. The van der Waals surface area contributed by atoms with Gasteiger partial charge in [-0.05, 0) is 26.0 Å². The lowest BCUT2D eigenvalue weighted by Crippen LogP contribution is -2.33. The highest BCUT2D eigenvalue weighted by atomic mass is 32.2. The Morgan fingerprint density at radius 3 is 3.00 bits per heavy atom. The van der Waals surface area contributed by atoms with Crippen molar-refractivity contribution >= 4 is 28.8 Å². The number of aryl methyl sites for hydroxylation is 2. The Labute approximate surface area is 148 Å². The third kappa shape index (κ3) is 3.96. The fraction of sp³-hybridized carbons (Fsp3) is 0.353. The molecule has 1 N–H and O–H groups in total. The summed E-state index contributed by atoms with van der Waals surface area (Å²) < 4.78 is 12.0. The largest absolute Gasteiger partial charge is 0.468 e. The highest BCUT2D eigenvalue weighted by Crippen LogP contribution is 2.18. The van der Waals surface area contributed by atoms with Crippen LogP contribution >= 0.6 is 11.8 Å². The van der Waals surface area contributed by atoms with Crippen molar-refractivity contribution in [2.75, 3.05) is 12.3 Å². The van der Waals surface area contributed by atoms with E-state index >= 15 is 0 Å². The zero-order valence-electron chi connectivity index (χ0n) is 14.1. The van der Waals surface area contributed by atoms with Gasteiger partial charge < -0.3 is 14.2 Å². The van der Waals surface area contributed by atoms with E-state index < -0.39 is 0 Å². The molecule has 1 amide bonds. The van der Waals surface area contributed by atoms with E-state index in [1.165, 1.54) is 10.9 Å². The molecule has 25 heavy (non-hydrogen) atoms. The monoisotopic (exact) mass is 361 g/mol. The maximum absolute atomic E-state index is 12.5. The van der Waals surface area contributed by atoms with Crippen LogP contribution in [0.15, 0.2) is 38.4 Å². The van der Waals surface area contributed by atoms with Gasteiger partial charge in [0.25, 0.3) is 5.56 Å². The predicted molar refractivity (Wildman–Crippen MR) is 95.6 cm³/mol. The SMILES string of the molecule is Cc1oc2ncn(CC(=O)NCCSCc3ccco3)c(=O)c2c1C. The van der Waals surface area contributed by atoms with E-state index in [2.05, 4.69) is 10.3 Å². The lowest BCUT2D eigenvalue weighted by molar-refractivity contribution is -0.121. The van der Waals surface area contributed by atoms with E-state index in [4.69, 9.17) is 8.83 Å². The zero-order chi connectivity index (χ0) is 17.8. The predicted octanol–water partition coefficient (Wildman–Crippen LogP) is 2.25. The van der Waals surface area contributed by atoms with Gasteiger partial charge in [0.1, 0.15) is 29.8 Å². The van der Waals surface area contributed by atoms with Crippen molar-refractivity contribution in [1.29, 1.82) is 0 Å². The second-order valence-corrected chi connectivity index (χ2v) is 6.73. The second kappa shape index (κ2) is 7.60. The van der Waals surface area contributed by atoms with Gasteiger partial charge in [0.05, 0.1) is 12.0 Å².